The number of carbonyl (C=O) groups excluding carboxylic acids is 1. The van der Waals surface area contributed by atoms with Gasteiger partial charge in [-0.1, -0.05) is 48.0 Å². The number of rotatable bonds is 5. The van der Waals surface area contributed by atoms with Gasteiger partial charge in [0.05, 0.1) is 0 Å². The molecule has 158 valence electrons. The highest BCUT2D eigenvalue weighted by molar-refractivity contribution is 7.94. The number of anilines is 2. The Kier molecular flexibility index (Phi) is 5.29. The summed E-state index contributed by atoms with van der Waals surface area (Å²) in [7, 11) is -3.75. The maximum atomic E-state index is 13.6. The van der Waals surface area contributed by atoms with Crippen LogP contribution in [0.2, 0.25) is 0 Å². The zero-order valence-electron chi connectivity index (χ0n) is 17.1. The molecular weight excluding hydrogens is 412 g/mol. The van der Waals surface area contributed by atoms with Crippen LogP contribution in [0.15, 0.2) is 89.5 Å². The van der Waals surface area contributed by atoms with Crippen molar-refractivity contribution in [3.8, 4) is 5.75 Å². The van der Waals surface area contributed by atoms with Gasteiger partial charge < -0.3 is 10.4 Å². The van der Waals surface area contributed by atoms with Crippen molar-refractivity contribution in [2.45, 2.75) is 13.0 Å². The van der Waals surface area contributed by atoms with Crippen molar-refractivity contribution in [2.75, 3.05) is 16.5 Å². The predicted molar refractivity (Wildman–Crippen MR) is 121 cm³/mol. The molecule has 1 aliphatic rings. The van der Waals surface area contributed by atoms with E-state index < -0.39 is 21.8 Å². The summed E-state index contributed by atoms with van der Waals surface area (Å²) in [6.45, 7) is 1.95. The third-order valence-electron chi connectivity index (χ3n) is 5.15. The van der Waals surface area contributed by atoms with Crippen LogP contribution in [0, 0.1) is 6.92 Å². The molecule has 3 aromatic rings. The smallest absolute Gasteiger partial charge is 0.276 e. The van der Waals surface area contributed by atoms with Gasteiger partial charge in [-0.15, -0.1) is 0 Å². The highest BCUT2D eigenvalue weighted by atomic mass is 32.2. The molecule has 1 heterocycles. The summed E-state index contributed by atoms with van der Waals surface area (Å²) in [5.41, 5.74) is 2.85. The van der Waals surface area contributed by atoms with E-state index in [1.807, 2.05) is 25.1 Å². The van der Waals surface area contributed by atoms with Gasteiger partial charge in [0.15, 0.2) is 9.84 Å². The second-order valence-electron chi connectivity index (χ2n) is 7.51. The van der Waals surface area contributed by atoms with Crippen molar-refractivity contribution >= 4 is 27.1 Å². The Labute approximate surface area is 181 Å². The topological polar surface area (TPSA) is 86.7 Å². The SMILES string of the molecule is Cc1ccc(NC2=C(S(C)(=O)=O)[C@H](c3ccccc3)N(c3ccc(O)cc3)C2=O)cc1. The standard InChI is InChI=1S/C24H22N2O4S/c1-16-8-10-18(11-9-16)25-21-23(31(2,29)30)22(17-6-4-3-5-7-17)26(24(21)28)19-12-14-20(27)15-13-19/h3-15,22,25,27H,1-2H3/t22-/m0/s1. The molecule has 1 aliphatic heterocycles. The van der Waals surface area contributed by atoms with E-state index in [4.69, 9.17) is 0 Å². The highest BCUT2D eigenvalue weighted by Crippen LogP contribution is 2.43. The Morgan fingerprint density at radius 1 is 0.903 bits per heavy atom. The third-order valence-corrected chi connectivity index (χ3v) is 6.38. The van der Waals surface area contributed by atoms with Crippen molar-refractivity contribution in [3.63, 3.8) is 0 Å². The van der Waals surface area contributed by atoms with Crippen LogP contribution in [-0.2, 0) is 14.6 Å². The Hall–Kier alpha value is -3.58. The summed E-state index contributed by atoms with van der Waals surface area (Å²) in [4.78, 5) is 15.0. The molecule has 4 rings (SSSR count). The van der Waals surface area contributed by atoms with E-state index in [0.717, 1.165) is 11.8 Å². The summed E-state index contributed by atoms with van der Waals surface area (Å²) < 4.78 is 25.9. The Bertz CT molecular complexity index is 1250. The lowest BCUT2D eigenvalue weighted by Crippen LogP contribution is -2.31. The van der Waals surface area contributed by atoms with Crippen molar-refractivity contribution < 1.29 is 18.3 Å². The monoisotopic (exact) mass is 434 g/mol. The van der Waals surface area contributed by atoms with Gasteiger partial charge >= 0.3 is 0 Å². The first-order valence-electron chi connectivity index (χ1n) is 9.71. The molecule has 0 fully saturated rings. The number of phenolic OH excluding ortho intramolecular Hbond substituents is 1. The molecule has 0 saturated carbocycles. The Balaban J connectivity index is 1.91. The van der Waals surface area contributed by atoms with E-state index >= 15 is 0 Å². The summed E-state index contributed by atoms with van der Waals surface area (Å²) in [6, 6.07) is 21.7. The predicted octanol–water partition coefficient (Wildman–Crippen LogP) is 4.16. The summed E-state index contributed by atoms with van der Waals surface area (Å²) >= 11 is 0. The molecule has 7 heteroatoms. The van der Waals surface area contributed by atoms with Gasteiger partial charge in [0.1, 0.15) is 22.4 Å². The number of amides is 1. The molecule has 0 aliphatic carbocycles. The maximum Gasteiger partial charge on any atom is 0.276 e. The summed E-state index contributed by atoms with van der Waals surface area (Å²) in [5, 5.41) is 12.7. The lowest BCUT2D eigenvalue weighted by Gasteiger charge is -2.27. The van der Waals surface area contributed by atoms with Gasteiger partial charge in [-0.05, 0) is 48.9 Å². The molecule has 6 nitrogen and oxygen atoms in total. The molecule has 0 spiro atoms. The van der Waals surface area contributed by atoms with Crippen molar-refractivity contribution in [3.05, 3.63) is 101 Å². The number of hydrogen-bond donors (Lipinski definition) is 2. The molecular formula is C24H22N2O4S. The number of carbonyl (C=O) groups is 1. The van der Waals surface area contributed by atoms with E-state index in [1.165, 1.54) is 17.0 Å². The van der Waals surface area contributed by atoms with E-state index in [-0.39, 0.29) is 16.4 Å². The van der Waals surface area contributed by atoms with Gasteiger partial charge in [0.2, 0.25) is 0 Å². The molecule has 2 N–H and O–H groups in total. The number of hydrogen-bond acceptors (Lipinski definition) is 5. The van der Waals surface area contributed by atoms with Crippen LogP contribution in [0.25, 0.3) is 0 Å². The fourth-order valence-electron chi connectivity index (χ4n) is 3.70. The molecule has 0 radical (unpaired) electrons. The second-order valence-corrected chi connectivity index (χ2v) is 9.49. The van der Waals surface area contributed by atoms with Crippen LogP contribution in [0.5, 0.6) is 5.75 Å². The number of aromatic hydroxyl groups is 1. The molecule has 0 aromatic heterocycles. The second kappa shape index (κ2) is 7.92. The molecule has 1 amide bonds. The van der Waals surface area contributed by atoms with Gasteiger partial charge in [-0.25, -0.2) is 8.42 Å². The van der Waals surface area contributed by atoms with Gasteiger partial charge in [-0.2, -0.15) is 0 Å². The van der Waals surface area contributed by atoms with Gasteiger partial charge in [0.25, 0.3) is 5.91 Å². The first kappa shape index (κ1) is 20.7. The van der Waals surface area contributed by atoms with E-state index in [0.29, 0.717) is 16.9 Å². The van der Waals surface area contributed by atoms with Gasteiger partial charge in [-0.3, -0.25) is 9.69 Å². The van der Waals surface area contributed by atoms with E-state index in [1.54, 1.807) is 48.5 Å². The molecule has 1 atom stereocenters. The molecule has 0 unspecified atom stereocenters. The van der Waals surface area contributed by atoms with E-state index in [2.05, 4.69) is 5.32 Å². The third kappa shape index (κ3) is 4.04. The Morgan fingerprint density at radius 3 is 2.10 bits per heavy atom. The quantitative estimate of drug-likeness (QED) is 0.630. The van der Waals surface area contributed by atoms with Crippen LogP contribution in [0.1, 0.15) is 17.2 Å². The van der Waals surface area contributed by atoms with Crippen molar-refractivity contribution in [1.29, 1.82) is 0 Å². The summed E-state index contributed by atoms with van der Waals surface area (Å²) in [5.74, 6) is -0.401. The van der Waals surface area contributed by atoms with Crippen LogP contribution in [0.3, 0.4) is 0 Å². The largest absolute Gasteiger partial charge is 0.508 e. The first-order chi connectivity index (χ1) is 14.8. The molecule has 31 heavy (non-hydrogen) atoms. The van der Waals surface area contributed by atoms with Crippen LogP contribution < -0.4 is 10.2 Å². The number of sulfone groups is 1. The van der Waals surface area contributed by atoms with Crippen LogP contribution in [-0.4, -0.2) is 25.7 Å². The number of benzene rings is 3. The lowest BCUT2D eigenvalue weighted by molar-refractivity contribution is -0.114. The normalized spacial score (nSPS) is 16.6. The highest BCUT2D eigenvalue weighted by Gasteiger charge is 2.45. The fourth-order valence-corrected chi connectivity index (χ4v) is 4.85. The zero-order valence-corrected chi connectivity index (χ0v) is 17.9. The minimum atomic E-state index is -3.75. The van der Waals surface area contributed by atoms with Crippen LogP contribution >= 0.6 is 0 Å². The van der Waals surface area contributed by atoms with Gasteiger partial charge in [0, 0.05) is 17.6 Å². The molecule has 0 saturated heterocycles. The number of nitrogens with one attached hydrogen (secondary N) is 1. The molecule has 3 aromatic carbocycles. The van der Waals surface area contributed by atoms with Crippen molar-refractivity contribution in [1.82, 2.24) is 0 Å². The first-order valence-corrected chi connectivity index (χ1v) is 11.6. The zero-order chi connectivity index (χ0) is 22.2. The number of nitrogens with zero attached hydrogens (tertiary/aromatic N) is 1. The van der Waals surface area contributed by atoms with E-state index in [9.17, 15) is 18.3 Å². The summed E-state index contributed by atoms with van der Waals surface area (Å²) in [6.07, 6.45) is 1.11. The minimum absolute atomic E-state index is 0.0114. The number of phenols is 1. The number of aryl methyl sites for hydroxylation is 1. The minimum Gasteiger partial charge on any atom is -0.508 e. The lowest BCUT2D eigenvalue weighted by atomic mass is 10.1. The average Bonchev–Trinajstić information content (AvgIpc) is 3.03. The average molecular weight is 435 g/mol. The molecule has 0 bridgehead atoms. The van der Waals surface area contributed by atoms with Crippen molar-refractivity contribution in [2.24, 2.45) is 0 Å². The fraction of sp³-hybridized carbons (Fsp3) is 0.125. The Morgan fingerprint density at radius 2 is 1.52 bits per heavy atom. The maximum absolute atomic E-state index is 13.6. The van der Waals surface area contributed by atoms with Crippen LogP contribution in [0.4, 0.5) is 11.4 Å².